The summed E-state index contributed by atoms with van der Waals surface area (Å²) in [4.78, 5) is 24.9. The first-order valence-corrected chi connectivity index (χ1v) is 15.4. The van der Waals surface area contributed by atoms with Gasteiger partial charge in [-0.05, 0) is 53.9 Å². The summed E-state index contributed by atoms with van der Waals surface area (Å²) in [7, 11) is 0. The zero-order chi connectivity index (χ0) is 32.2. The van der Waals surface area contributed by atoms with E-state index in [1.165, 1.54) is 16.2 Å². The molecule has 2 saturated heterocycles. The molecule has 14 heteroatoms. The van der Waals surface area contributed by atoms with Crippen LogP contribution in [0.15, 0.2) is 59.7 Å². The third kappa shape index (κ3) is 8.48. The lowest BCUT2D eigenvalue weighted by atomic mass is 9.99. The topological polar surface area (TPSA) is 57.3 Å². The average molecular weight is 657 g/mol. The number of nitrogens with zero attached hydrogens (tertiary/aromatic N) is 3. The lowest BCUT2D eigenvalue weighted by Gasteiger charge is -2.41. The Morgan fingerprint density at radius 2 is 1.71 bits per heavy atom. The van der Waals surface area contributed by atoms with Crippen LogP contribution in [0.1, 0.15) is 34.0 Å². The minimum absolute atomic E-state index is 0.0350. The number of piperazine rings is 1. The number of allylic oxidation sites excluding steroid dienone is 1. The summed E-state index contributed by atoms with van der Waals surface area (Å²) in [5.74, 6) is -0.874. The highest BCUT2D eigenvalue weighted by Crippen LogP contribution is 2.37. The molecule has 3 heterocycles. The Hall–Kier alpha value is -3.33. The van der Waals surface area contributed by atoms with E-state index in [-0.39, 0.29) is 12.6 Å². The van der Waals surface area contributed by atoms with Gasteiger partial charge in [-0.2, -0.15) is 26.3 Å². The van der Waals surface area contributed by atoms with Gasteiger partial charge in [0.1, 0.15) is 0 Å². The maximum atomic E-state index is 13.7. The Balaban J connectivity index is 1.35. The van der Waals surface area contributed by atoms with Crippen LogP contribution in [-0.4, -0.2) is 85.7 Å². The van der Waals surface area contributed by atoms with Crippen molar-refractivity contribution in [3.63, 3.8) is 0 Å². The molecule has 2 aliphatic rings. The van der Waals surface area contributed by atoms with Crippen LogP contribution in [0.4, 0.5) is 26.3 Å². The van der Waals surface area contributed by atoms with Crippen molar-refractivity contribution >= 4 is 27.3 Å². The maximum Gasteiger partial charge on any atom is 0.416 e. The SMILES string of the molecule is CC(=CN1CCN(C(=O)c2cc(C(F)(F)F)cc(C(F)(F)F)c2)C(Cc2csc3ccccc23)C1)NOCCN1CCOCC1. The van der Waals surface area contributed by atoms with Crippen LogP contribution in [0.25, 0.3) is 10.1 Å². The number of rotatable bonds is 9. The van der Waals surface area contributed by atoms with E-state index < -0.39 is 41.0 Å². The molecule has 1 amide bonds. The number of morpholine rings is 1. The highest BCUT2D eigenvalue weighted by atomic mass is 32.1. The van der Waals surface area contributed by atoms with Gasteiger partial charge in [-0.25, -0.2) is 0 Å². The number of alkyl halides is 6. The van der Waals surface area contributed by atoms with Gasteiger partial charge in [0.2, 0.25) is 0 Å². The molecule has 0 saturated carbocycles. The second-order valence-corrected chi connectivity index (χ2v) is 12.0. The van der Waals surface area contributed by atoms with Crippen LogP contribution in [0, 0.1) is 0 Å². The molecule has 1 N–H and O–H groups in total. The third-order valence-corrected chi connectivity index (χ3v) is 8.86. The number of nitrogens with one attached hydrogen (secondary N) is 1. The van der Waals surface area contributed by atoms with Crippen molar-refractivity contribution in [1.82, 2.24) is 20.2 Å². The van der Waals surface area contributed by atoms with Crippen LogP contribution in [0.2, 0.25) is 0 Å². The highest BCUT2D eigenvalue weighted by molar-refractivity contribution is 7.17. The van der Waals surface area contributed by atoms with Crippen molar-refractivity contribution in [2.75, 3.05) is 59.1 Å². The zero-order valence-electron chi connectivity index (χ0n) is 24.6. The molecule has 0 bridgehead atoms. The van der Waals surface area contributed by atoms with Crippen LogP contribution < -0.4 is 5.48 Å². The van der Waals surface area contributed by atoms with Gasteiger partial charge in [0.15, 0.2) is 0 Å². The fourth-order valence-corrected chi connectivity index (χ4v) is 6.57. The zero-order valence-corrected chi connectivity index (χ0v) is 25.4. The molecule has 0 spiro atoms. The highest BCUT2D eigenvalue weighted by Gasteiger charge is 2.39. The molecular weight excluding hydrogens is 622 g/mol. The standard InChI is InChI=1S/C31H34F6N4O3S/c1-21(38-44-13-10-39-8-11-43-12-9-39)18-40-6-7-41(26(19-40)16-23-20-45-28-5-3-2-4-27(23)28)29(42)22-14-24(30(32,33)34)17-25(15-22)31(35,36)37/h2-5,14-15,17-18,20,26,38H,6-13,16,19H2,1H3. The number of benzene rings is 2. The van der Waals surface area contributed by atoms with E-state index in [2.05, 4.69) is 10.4 Å². The lowest BCUT2D eigenvalue weighted by Crippen LogP contribution is -2.54. The minimum atomic E-state index is -5.05. The van der Waals surface area contributed by atoms with Crippen molar-refractivity contribution in [2.24, 2.45) is 0 Å². The Morgan fingerprint density at radius 3 is 2.40 bits per heavy atom. The first kappa shape index (κ1) is 33.0. The molecule has 7 nitrogen and oxygen atoms in total. The van der Waals surface area contributed by atoms with Crippen molar-refractivity contribution < 1.29 is 40.7 Å². The van der Waals surface area contributed by atoms with Gasteiger partial charge in [0.25, 0.3) is 5.91 Å². The number of ether oxygens (including phenoxy) is 1. The minimum Gasteiger partial charge on any atom is -0.379 e. The second kappa shape index (κ2) is 14.0. The molecular formula is C31H34F6N4O3S. The quantitative estimate of drug-likeness (QED) is 0.173. The number of halogens is 6. The second-order valence-electron chi connectivity index (χ2n) is 11.1. The summed E-state index contributed by atoms with van der Waals surface area (Å²) in [6.07, 6.45) is -7.89. The molecule has 2 aromatic carbocycles. The summed E-state index contributed by atoms with van der Waals surface area (Å²) in [5.41, 5.74) is 0.909. The van der Waals surface area contributed by atoms with Crippen molar-refractivity contribution in [1.29, 1.82) is 0 Å². The molecule has 45 heavy (non-hydrogen) atoms. The van der Waals surface area contributed by atoms with Gasteiger partial charge >= 0.3 is 12.4 Å². The van der Waals surface area contributed by atoms with Crippen molar-refractivity contribution in [3.8, 4) is 0 Å². The first-order valence-electron chi connectivity index (χ1n) is 14.5. The van der Waals surface area contributed by atoms with Gasteiger partial charge in [0.05, 0.1) is 42.7 Å². The largest absolute Gasteiger partial charge is 0.416 e. The summed E-state index contributed by atoms with van der Waals surface area (Å²) >= 11 is 1.53. The van der Waals surface area contributed by atoms with Crippen LogP contribution in [0.5, 0.6) is 0 Å². The van der Waals surface area contributed by atoms with Gasteiger partial charge in [0, 0.05) is 55.7 Å². The number of carbonyl (C=O) groups is 1. The number of carbonyl (C=O) groups excluding carboxylic acids is 1. The summed E-state index contributed by atoms with van der Waals surface area (Å²) < 4.78 is 87.8. The predicted octanol–water partition coefficient (Wildman–Crippen LogP) is 6.02. The molecule has 244 valence electrons. The van der Waals surface area contributed by atoms with Gasteiger partial charge in [-0.3, -0.25) is 20.0 Å². The molecule has 5 rings (SSSR count). The molecule has 3 aromatic rings. The number of hydrogen-bond acceptors (Lipinski definition) is 7. The number of thiophene rings is 1. The fraction of sp³-hybridized carbons (Fsp3) is 0.452. The molecule has 2 aliphatic heterocycles. The third-order valence-electron chi connectivity index (χ3n) is 7.85. The van der Waals surface area contributed by atoms with E-state index in [1.807, 2.05) is 47.7 Å². The molecule has 0 radical (unpaired) electrons. The van der Waals surface area contributed by atoms with E-state index in [4.69, 9.17) is 9.57 Å². The molecule has 1 aromatic heterocycles. The van der Waals surface area contributed by atoms with Crippen LogP contribution in [0.3, 0.4) is 0 Å². The van der Waals surface area contributed by atoms with E-state index in [0.717, 1.165) is 35.3 Å². The predicted molar refractivity (Wildman–Crippen MR) is 158 cm³/mol. The number of hydroxylamine groups is 1. The van der Waals surface area contributed by atoms with Gasteiger partial charge < -0.3 is 14.5 Å². The molecule has 2 fully saturated rings. The summed E-state index contributed by atoms with van der Waals surface area (Å²) in [6.45, 7) is 6.85. The Kier molecular flexibility index (Phi) is 10.3. The molecule has 0 aliphatic carbocycles. The monoisotopic (exact) mass is 656 g/mol. The van der Waals surface area contributed by atoms with E-state index >= 15 is 0 Å². The van der Waals surface area contributed by atoms with E-state index in [1.54, 1.807) is 0 Å². The fourth-order valence-electron chi connectivity index (χ4n) is 5.59. The van der Waals surface area contributed by atoms with Gasteiger partial charge in [-0.1, -0.05) is 18.2 Å². The Labute approximate surface area is 260 Å². The lowest BCUT2D eigenvalue weighted by molar-refractivity contribution is -0.143. The number of hydrogen-bond donors (Lipinski definition) is 1. The normalized spacial score (nSPS) is 18.9. The average Bonchev–Trinajstić information content (AvgIpc) is 3.41. The summed E-state index contributed by atoms with van der Waals surface area (Å²) in [6, 6.07) is 8.25. The van der Waals surface area contributed by atoms with Gasteiger partial charge in [-0.15, -0.1) is 11.3 Å². The number of fused-ring (bicyclic) bond motifs is 1. The Bertz CT molecular complexity index is 1470. The smallest absolute Gasteiger partial charge is 0.379 e. The van der Waals surface area contributed by atoms with Crippen molar-refractivity contribution in [3.05, 3.63) is 82.0 Å². The number of amides is 1. The summed E-state index contributed by atoms with van der Waals surface area (Å²) in [5, 5.41) is 2.97. The molecule has 1 atom stereocenters. The van der Waals surface area contributed by atoms with E-state index in [9.17, 15) is 31.1 Å². The van der Waals surface area contributed by atoms with Crippen LogP contribution >= 0.6 is 11.3 Å². The maximum absolute atomic E-state index is 13.7. The van der Waals surface area contributed by atoms with E-state index in [0.29, 0.717) is 57.2 Å². The van der Waals surface area contributed by atoms with Crippen molar-refractivity contribution in [2.45, 2.75) is 31.7 Å². The van der Waals surface area contributed by atoms with Crippen LogP contribution in [-0.2, 0) is 28.3 Å². The Morgan fingerprint density at radius 1 is 1.02 bits per heavy atom. The molecule has 1 unspecified atom stereocenters. The first-order chi connectivity index (χ1) is 21.4.